The summed E-state index contributed by atoms with van der Waals surface area (Å²) in [5.74, 6) is 2.37. The molecule has 0 N–H and O–H groups in total. The molecule has 0 saturated carbocycles. The van der Waals surface area contributed by atoms with Crippen LogP contribution < -0.4 is 30.0 Å². The third-order valence-corrected chi connectivity index (χ3v) is 14.5. The Morgan fingerprint density at radius 2 is 1.66 bits per heavy atom. The zero-order chi connectivity index (χ0) is 28.8. The minimum atomic E-state index is 0.188. The first-order valence-electron chi connectivity index (χ1n) is 15.5. The van der Waals surface area contributed by atoms with Crippen LogP contribution in [0.4, 0.5) is 0 Å². The van der Waals surface area contributed by atoms with E-state index in [2.05, 4.69) is 109 Å². The summed E-state index contributed by atoms with van der Waals surface area (Å²) < 4.78 is 11.1. The maximum absolute atomic E-state index is 6.85. The van der Waals surface area contributed by atoms with E-state index in [1.807, 2.05) is 23.1 Å². The third-order valence-electron chi connectivity index (χ3n) is 9.82. The predicted molar refractivity (Wildman–Crippen MR) is 190 cm³/mol. The second kappa shape index (κ2) is 10.0. The average molecular weight is 666 g/mol. The molecule has 0 spiro atoms. The first-order valence-corrected chi connectivity index (χ1v) is 18.9. The Morgan fingerprint density at radius 1 is 0.750 bits per heavy atom. The van der Waals surface area contributed by atoms with Gasteiger partial charge in [0, 0.05) is 0 Å². The number of allylic oxidation sites excluding steroid dienone is 2. The monoisotopic (exact) mass is 666 g/mol. The first kappa shape index (κ1) is 25.8. The Morgan fingerprint density at radius 3 is 2.66 bits per heavy atom. The van der Waals surface area contributed by atoms with E-state index in [0.717, 1.165) is 11.5 Å². The molecule has 0 bridgehead atoms. The molecule has 1 aliphatic carbocycles. The zero-order valence-electron chi connectivity index (χ0n) is 24.0. The topological polar surface area (TPSA) is 9.23 Å². The molecule has 0 radical (unpaired) electrons. The molecule has 1 unspecified atom stereocenters. The van der Waals surface area contributed by atoms with Crippen molar-refractivity contribution in [2.45, 2.75) is 36.5 Å². The summed E-state index contributed by atoms with van der Waals surface area (Å²) in [5.41, 5.74) is 11.2. The fourth-order valence-corrected chi connectivity index (χ4v) is 12.5. The normalized spacial score (nSPS) is 17.7. The Bertz CT molecular complexity index is 2200. The predicted octanol–water partition coefficient (Wildman–Crippen LogP) is 7.22. The molecule has 4 aliphatic rings. The van der Waals surface area contributed by atoms with Gasteiger partial charge >= 0.3 is 274 Å². The molecule has 5 heteroatoms. The molecular formula is C39H27BOS2Se. The molecule has 10 rings (SSSR count). The van der Waals surface area contributed by atoms with Crippen molar-refractivity contribution in [1.29, 1.82) is 0 Å². The molecule has 1 atom stereocenters. The van der Waals surface area contributed by atoms with E-state index < -0.39 is 0 Å². The van der Waals surface area contributed by atoms with E-state index in [0.29, 0.717) is 5.92 Å². The van der Waals surface area contributed by atoms with E-state index in [1.165, 1.54) is 88.2 Å². The van der Waals surface area contributed by atoms with Gasteiger partial charge in [0.2, 0.25) is 0 Å². The van der Waals surface area contributed by atoms with Crippen LogP contribution in [0.2, 0.25) is 0 Å². The number of ether oxygens (including phenoxy) is 1. The van der Waals surface area contributed by atoms with Crippen LogP contribution in [0.25, 0.3) is 21.2 Å². The fraction of sp³-hybridized carbons (Fsp3) is 0.128. The van der Waals surface area contributed by atoms with Crippen molar-refractivity contribution in [2.75, 3.05) is 0 Å². The van der Waals surface area contributed by atoms with Gasteiger partial charge in [-0.15, -0.1) is 0 Å². The fourth-order valence-electron chi connectivity index (χ4n) is 7.83. The SMILES string of the molecule is c1ccc2c(c1)SC1=C(CCCC1)C2c1ccc2c(c1)Oc1cccc3c1B2c1cc(-c2csc4ccccc24)ccc1[Se]3. The van der Waals surface area contributed by atoms with Crippen LogP contribution >= 0.6 is 23.1 Å². The molecular weight excluding hydrogens is 638 g/mol. The molecule has 0 amide bonds. The van der Waals surface area contributed by atoms with Crippen molar-refractivity contribution in [3.8, 4) is 22.6 Å². The van der Waals surface area contributed by atoms with E-state index in [9.17, 15) is 0 Å². The summed E-state index contributed by atoms with van der Waals surface area (Å²) in [5, 5.41) is 3.68. The summed E-state index contributed by atoms with van der Waals surface area (Å²) in [6.45, 7) is 0.188. The van der Waals surface area contributed by atoms with Crippen LogP contribution in [0.1, 0.15) is 42.7 Å². The van der Waals surface area contributed by atoms with Gasteiger partial charge in [0.05, 0.1) is 0 Å². The quantitative estimate of drug-likeness (QED) is 0.181. The molecule has 3 aliphatic heterocycles. The number of thioether (sulfide) groups is 1. The van der Waals surface area contributed by atoms with E-state index in [-0.39, 0.29) is 21.7 Å². The van der Waals surface area contributed by atoms with Gasteiger partial charge in [-0.3, -0.25) is 0 Å². The molecule has 210 valence electrons. The Labute approximate surface area is 272 Å². The van der Waals surface area contributed by atoms with Crippen molar-refractivity contribution in [1.82, 2.24) is 0 Å². The first-order chi connectivity index (χ1) is 21.8. The average Bonchev–Trinajstić information content (AvgIpc) is 3.51. The number of fused-ring (bicyclic) bond motifs is 6. The van der Waals surface area contributed by atoms with Gasteiger partial charge in [-0.2, -0.15) is 0 Å². The van der Waals surface area contributed by atoms with Gasteiger partial charge in [-0.05, 0) is 0 Å². The van der Waals surface area contributed by atoms with Crippen molar-refractivity contribution >= 4 is 80.2 Å². The number of rotatable bonds is 2. The van der Waals surface area contributed by atoms with Gasteiger partial charge in [-0.25, -0.2) is 0 Å². The molecule has 4 heterocycles. The molecule has 44 heavy (non-hydrogen) atoms. The van der Waals surface area contributed by atoms with Gasteiger partial charge in [0.1, 0.15) is 0 Å². The van der Waals surface area contributed by atoms with Gasteiger partial charge in [0.25, 0.3) is 0 Å². The summed E-state index contributed by atoms with van der Waals surface area (Å²) in [7, 11) is 0. The summed E-state index contributed by atoms with van der Waals surface area (Å²) in [6.07, 6.45) is 5.01. The van der Waals surface area contributed by atoms with Crippen LogP contribution in [0.5, 0.6) is 11.5 Å². The zero-order valence-corrected chi connectivity index (χ0v) is 27.4. The molecule has 0 saturated heterocycles. The Hall–Kier alpha value is -3.47. The van der Waals surface area contributed by atoms with Crippen LogP contribution in [-0.2, 0) is 0 Å². The van der Waals surface area contributed by atoms with Gasteiger partial charge in [-0.1, -0.05) is 0 Å². The second-order valence-corrected chi connectivity index (χ2v) is 16.6. The molecule has 5 aromatic carbocycles. The van der Waals surface area contributed by atoms with Crippen LogP contribution in [0, 0.1) is 0 Å². The van der Waals surface area contributed by atoms with E-state index >= 15 is 0 Å². The molecule has 6 aromatic rings. The van der Waals surface area contributed by atoms with Crippen molar-refractivity contribution in [3.05, 3.63) is 130 Å². The second-order valence-electron chi connectivity index (χ2n) is 12.2. The summed E-state index contributed by atoms with van der Waals surface area (Å²) in [4.78, 5) is 3.02. The Balaban J connectivity index is 1.14. The van der Waals surface area contributed by atoms with Crippen LogP contribution in [-0.4, -0.2) is 21.7 Å². The van der Waals surface area contributed by atoms with Crippen LogP contribution in [0.15, 0.2) is 124 Å². The number of benzene rings is 5. The third kappa shape index (κ3) is 3.86. The maximum atomic E-state index is 6.85. The molecule has 1 aromatic heterocycles. The van der Waals surface area contributed by atoms with Gasteiger partial charge in [0.15, 0.2) is 0 Å². The van der Waals surface area contributed by atoms with E-state index in [1.54, 1.807) is 10.5 Å². The standard InChI is InChI=1S/C39H27BOS2Se/c1-4-12-33-25(8-1)28(22-42-33)23-17-19-36-30(20-23)40-29-18-16-24(21-32(29)41-31-11-7-15-37(44-36)39(31)40)38-26-9-2-5-13-34(26)43-35-14-6-3-10-27(35)38/h1-2,4-5,7-9,11-13,15-22,38H,3,6,10,14H2. The minimum absolute atomic E-state index is 0.188. The Kier molecular flexibility index (Phi) is 5.88. The van der Waals surface area contributed by atoms with E-state index in [4.69, 9.17) is 4.74 Å². The summed E-state index contributed by atoms with van der Waals surface area (Å²) in [6, 6.07) is 39.0. The molecule has 1 nitrogen and oxygen atoms in total. The van der Waals surface area contributed by atoms with Gasteiger partial charge < -0.3 is 0 Å². The van der Waals surface area contributed by atoms with Crippen molar-refractivity contribution in [3.63, 3.8) is 0 Å². The number of thiophene rings is 1. The summed E-state index contributed by atoms with van der Waals surface area (Å²) >= 11 is 4.11. The number of hydrogen-bond acceptors (Lipinski definition) is 3. The molecule has 0 fully saturated rings. The van der Waals surface area contributed by atoms with Crippen molar-refractivity contribution < 1.29 is 4.74 Å². The van der Waals surface area contributed by atoms with Crippen molar-refractivity contribution in [2.24, 2.45) is 0 Å². The number of hydrogen-bond donors (Lipinski definition) is 0. The van der Waals surface area contributed by atoms with Crippen LogP contribution in [0.3, 0.4) is 0 Å².